The molecule has 134 valence electrons. The van der Waals surface area contributed by atoms with Crippen LogP contribution < -0.4 is 10.1 Å². The van der Waals surface area contributed by atoms with E-state index in [9.17, 15) is 10.1 Å². The molecule has 0 unspecified atom stereocenters. The summed E-state index contributed by atoms with van der Waals surface area (Å²) in [4.78, 5) is 12.6. The molecule has 0 atom stereocenters. The van der Waals surface area contributed by atoms with Gasteiger partial charge in [0.1, 0.15) is 17.4 Å². The molecule has 1 N–H and O–H groups in total. The average Bonchev–Trinajstić information content (AvgIpc) is 2.62. The molecular weight excluding hydrogens is 392 g/mol. The Morgan fingerprint density at radius 1 is 1.31 bits per heavy atom. The standard InChI is InChI=1S/C21H21BrN2O2/c1-4-10-26-20-9-8-18(22)12-16(20)11-17(13-23)21(25)24-19-7-5-6-14(2)15(19)3/h5-9,11-12H,4,10H2,1-3H3,(H,24,25)/b17-11+. The lowest BCUT2D eigenvalue weighted by Gasteiger charge is -2.11. The Balaban J connectivity index is 2.33. The van der Waals surface area contributed by atoms with Crippen molar-refractivity contribution in [3.63, 3.8) is 0 Å². The highest BCUT2D eigenvalue weighted by Crippen LogP contribution is 2.26. The molecule has 4 nitrogen and oxygen atoms in total. The molecule has 2 rings (SSSR count). The minimum absolute atomic E-state index is 0.0188. The lowest BCUT2D eigenvalue weighted by atomic mass is 10.1. The van der Waals surface area contributed by atoms with E-state index in [1.807, 2.05) is 63.2 Å². The second-order valence-electron chi connectivity index (χ2n) is 5.90. The van der Waals surface area contributed by atoms with E-state index in [2.05, 4.69) is 21.2 Å². The number of amides is 1. The van der Waals surface area contributed by atoms with Crippen LogP contribution in [-0.2, 0) is 4.79 Å². The van der Waals surface area contributed by atoms with Crippen LogP contribution in [0.3, 0.4) is 0 Å². The number of aryl methyl sites for hydroxylation is 1. The molecule has 0 fully saturated rings. The summed E-state index contributed by atoms with van der Waals surface area (Å²) in [5.74, 6) is 0.199. The molecule has 0 radical (unpaired) electrons. The third-order valence-electron chi connectivity index (χ3n) is 3.95. The Labute approximate surface area is 162 Å². The molecule has 1 amide bonds. The lowest BCUT2D eigenvalue weighted by molar-refractivity contribution is -0.112. The van der Waals surface area contributed by atoms with E-state index in [-0.39, 0.29) is 5.57 Å². The van der Waals surface area contributed by atoms with Crippen LogP contribution in [0.5, 0.6) is 5.75 Å². The Bertz CT molecular complexity index is 882. The van der Waals surface area contributed by atoms with Crippen LogP contribution in [0, 0.1) is 25.2 Å². The van der Waals surface area contributed by atoms with Crippen molar-refractivity contribution in [1.29, 1.82) is 5.26 Å². The third-order valence-corrected chi connectivity index (χ3v) is 4.44. The number of carbonyl (C=O) groups is 1. The molecule has 0 aliphatic heterocycles. The van der Waals surface area contributed by atoms with Gasteiger partial charge in [-0.05, 0) is 61.7 Å². The van der Waals surface area contributed by atoms with E-state index in [0.29, 0.717) is 23.6 Å². The zero-order valence-corrected chi connectivity index (χ0v) is 16.7. The van der Waals surface area contributed by atoms with E-state index in [1.165, 1.54) is 0 Å². The smallest absolute Gasteiger partial charge is 0.266 e. The van der Waals surface area contributed by atoms with Crippen molar-refractivity contribution in [2.24, 2.45) is 0 Å². The molecular formula is C21H21BrN2O2. The molecule has 0 heterocycles. The van der Waals surface area contributed by atoms with Gasteiger partial charge in [-0.3, -0.25) is 4.79 Å². The number of nitrogens with one attached hydrogen (secondary N) is 1. The second-order valence-corrected chi connectivity index (χ2v) is 6.82. The van der Waals surface area contributed by atoms with Crippen molar-refractivity contribution in [3.05, 3.63) is 63.1 Å². The van der Waals surface area contributed by atoms with Crippen molar-refractivity contribution in [2.75, 3.05) is 11.9 Å². The number of carbonyl (C=O) groups excluding carboxylic acids is 1. The molecule has 0 saturated carbocycles. The fourth-order valence-corrected chi connectivity index (χ4v) is 2.73. The average molecular weight is 413 g/mol. The van der Waals surface area contributed by atoms with Gasteiger partial charge in [0, 0.05) is 15.7 Å². The first-order valence-electron chi connectivity index (χ1n) is 8.38. The van der Waals surface area contributed by atoms with Crippen LogP contribution in [-0.4, -0.2) is 12.5 Å². The highest BCUT2D eigenvalue weighted by molar-refractivity contribution is 9.10. The van der Waals surface area contributed by atoms with Gasteiger partial charge in [0.05, 0.1) is 6.61 Å². The SMILES string of the molecule is CCCOc1ccc(Br)cc1/C=C(\C#N)C(=O)Nc1cccc(C)c1C. The summed E-state index contributed by atoms with van der Waals surface area (Å²) in [5, 5.41) is 12.3. The van der Waals surface area contributed by atoms with Gasteiger partial charge in [-0.1, -0.05) is 35.0 Å². The molecule has 5 heteroatoms. The maximum atomic E-state index is 12.6. The number of rotatable bonds is 6. The Kier molecular flexibility index (Phi) is 6.99. The molecule has 26 heavy (non-hydrogen) atoms. The van der Waals surface area contributed by atoms with Gasteiger partial charge in [0.25, 0.3) is 5.91 Å². The highest BCUT2D eigenvalue weighted by atomic mass is 79.9. The molecule has 0 saturated heterocycles. The van der Waals surface area contributed by atoms with E-state index in [0.717, 1.165) is 22.0 Å². The van der Waals surface area contributed by atoms with Crippen molar-refractivity contribution in [1.82, 2.24) is 0 Å². The van der Waals surface area contributed by atoms with Crippen molar-refractivity contribution < 1.29 is 9.53 Å². The number of benzene rings is 2. The Morgan fingerprint density at radius 3 is 2.77 bits per heavy atom. The first kappa shape index (κ1) is 19.7. The fourth-order valence-electron chi connectivity index (χ4n) is 2.36. The fraction of sp³-hybridized carbons (Fsp3) is 0.238. The summed E-state index contributed by atoms with van der Waals surface area (Å²) in [6, 6.07) is 13.2. The van der Waals surface area contributed by atoms with Crippen LogP contribution in [0.25, 0.3) is 6.08 Å². The van der Waals surface area contributed by atoms with Crippen molar-refractivity contribution >= 4 is 33.6 Å². The van der Waals surface area contributed by atoms with Gasteiger partial charge in [-0.15, -0.1) is 0 Å². The third kappa shape index (κ3) is 4.96. The Hall–Kier alpha value is -2.58. The first-order chi connectivity index (χ1) is 12.5. The normalized spacial score (nSPS) is 11.0. The number of nitrogens with zero attached hydrogens (tertiary/aromatic N) is 1. The summed E-state index contributed by atoms with van der Waals surface area (Å²) in [6.07, 6.45) is 2.42. The van der Waals surface area contributed by atoms with Gasteiger partial charge >= 0.3 is 0 Å². The molecule has 0 aliphatic carbocycles. The zero-order valence-electron chi connectivity index (χ0n) is 15.1. The van der Waals surface area contributed by atoms with Crippen LogP contribution in [0.4, 0.5) is 5.69 Å². The molecule has 0 aromatic heterocycles. The lowest BCUT2D eigenvalue weighted by Crippen LogP contribution is -2.14. The zero-order chi connectivity index (χ0) is 19.1. The maximum absolute atomic E-state index is 12.6. The summed E-state index contributed by atoms with van der Waals surface area (Å²) in [5.41, 5.74) is 3.46. The van der Waals surface area contributed by atoms with Gasteiger partial charge in [-0.2, -0.15) is 5.26 Å². The van der Waals surface area contributed by atoms with Crippen molar-refractivity contribution in [3.8, 4) is 11.8 Å². The number of halogens is 1. The summed E-state index contributed by atoms with van der Waals surface area (Å²) >= 11 is 3.42. The van der Waals surface area contributed by atoms with Gasteiger partial charge in [-0.25, -0.2) is 0 Å². The van der Waals surface area contributed by atoms with Gasteiger partial charge in [0.15, 0.2) is 0 Å². The molecule has 0 aliphatic rings. The molecule has 0 spiro atoms. The van der Waals surface area contributed by atoms with E-state index in [1.54, 1.807) is 6.08 Å². The summed E-state index contributed by atoms with van der Waals surface area (Å²) in [6.45, 7) is 6.50. The molecule has 2 aromatic carbocycles. The van der Waals surface area contributed by atoms with Crippen molar-refractivity contribution in [2.45, 2.75) is 27.2 Å². The van der Waals surface area contributed by atoms with Gasteiger partial charge < -0.3 is 10.1 Å². The number of hydrogen-bond donors (Lipinski definition) is 1. The summed E-state index contributed by atoms with van der Waals surface area (Å²) in [7, 11) is 0. The maximum Gasteiger partial charge on any atom is 0.266 e. The number of hydrogen-bond acceptors (Lipinski definition) is 3. The largest absolute Gasteiger partial charge is 0.493 e. The topological polar surface area (TPSA) is 62.1 Å². The van der Waals surface area contributed by atoms with Crippen LogP contribution in [0.2, 0.25) is 0 Å². The van der Waals surface area contributed by atoms with E-state index in [4.69, 9.17) is 4.74 Å². The number of ether oxygens (including phenoxy) is 1. The monoisotopic (exact) mass is 412 g/mol. The van der Waals surface area contributed by atoms with Crippen LogP contribution in [0.1, 0.15) is 30.0 Å². The van der Waals surface area contributed by atoms with E-state index < -0.39 is 5.91 Å². The van der Waals surface area contributed by atoms with Gasteiger partial charge in [0.2, 0.25) is 0 Å². The quantitative estimate of drug-likeness (QED) is 0.510. The Morgan fingerprint density at radius 2 is 2.08 bits per heavy atom. The summed E-state index contributed by atoms with van der Waals surface area (Å²) < 4.78 is 6.56. The molecule has 2 aromatic rings. The van der Waals surface area contributed by atoms with E-state index >= 15 is 0 Å². The van der Waals surface area contributed by atoms with Crippen LogP contribution in [0.15, 0.2) is 46.4 Å². The second kappa shape index (κ2) is 9.21. The number of anilines is 1. The minimum Gasteiger partial charge on any atom is -0.493 e. The number of nitriles is 1. The molecule has 0 bridgehead atoms. The predicted molar refractivity (Wildman–Crippen MR) is 108 cm³/mol. The van der Waals surface area contributed by atoms with Crippen LogP contribution >= 0.6 is 15.9 Å². The highest BCUT2D eigenvalue weighted by Gasteiger charge is 2.13. The predicted octanol–water partition coefficient (Wildman–Crippen LogP) is 5.40. The first-order valence-corrected chi connectivity index (χ1v) is 9.17. The minimum atomic E-state index is -0.442.